The van der Waals surface area contributed by atoms with Gasteiger partial charge >= 0.3 is 0 Å². The fourth-order valence-corrected chi connectivity index (χ4v) is 1.20. The van der Waals surface area contributed by atoms with E-state index in [9.17, 15) is 8.78 Å². The first kappa shape index (κ1) is 8.19. The highest BCUT2D eigenvalue weighted by atomic mass is 19.2. The van der Waals surface area contributed by atoms with Crippen molar-refractivity contribution in [2.45, 2.75) is 6.54 Å². The second kappa shape index (κ2) is 2.81. The van der Waals surface area contributed by atoms with Crippen LogP contribution in [0.2, 0.25) is 0 Å². The molecule has 0 fully saturated rings. The molecule has 0 aliphatic heterocycles. The van der Waals surface area contributed by atoms with Gasteiger partial charge in [-0.3, -0.25) is 0 Å². The molecule has 2 N–H and O–H groups in total. The molecule has 2 aromatic rings. The zero-order valence-corrected chi connectivity index (χ0v) is 6.68. The van der Waals surface area contributed by atoms with Crippen LogP contribution in [-0.4, -0.2) is 0 Å². The summed E-state index contributed by atoms with van der Waals surface area (Å²) in [6.45, 7) is 0.176. The lowest BCUT2D eigenvalue weighted by molar-refractivity contribution is 0.479. The van der Waals surface area contributed by atoms with E-state index in [-0.39, 0.29) is 12.1 Å². The van der Waals surface area contributed by atoms with Crippen LogP contribution in [0, 0.1) is 11.6 Å². The van der Waals surface area contributed by atoms with Crippen molar-refractivity contribution in [1.82, 2.24) is 0 Å². The van der Waals surface area contributed by atoms with Gasteiger partial charge in [-0.2, -0.15) is 4.39 Å². The first-order valence-electron chi connectivity index (χ1n) is 3.79. The van der Waals surface area contributed by atoms with Crippen molar-refractivity contribution in [3.05, 3.63) is 35.6 Å². The maximum Gasteiger partial charge on any atom is 0.201 e. The predicted molar refractivity (Wildman–Crippen MR) is 44.0 cm³/mol. The topological polar surface area (TPSA) is 39.2 Å². The van der Waals surface area contributed by atoms with E-state index >= 15 is 0 Å². The van der Waals surface area contributed by atoms with Crippen molar-refractivity contribution in [1.29, 1.82) is 0 Å². The minimum Gasteiger partial charge on any atom is -0.457 e. The molecule has 2 rings (SSSR count). The van der Waals surface area contributed by atoms with Crippen molar-refractivity contribution < 1.29 is 13.2 Å². The zero-order valence-electron chi connectivity index (χ0n) is 6.68. The highest BCUT2D eigenvalue weighted by molar-refractivity contribution is 5.78. The number of benzene rings is 1. The monoisotopic (exact) mass is 183 g/mol. The molecule has 68 valence electrons. The zero-order chi connectivity index (χ0) is 9.42. The number of fused-ring (bicyclic) bond motifs is 1. The highest BCUT2D eigenvalue weighted by Gasteiger charge is 2.11. The Kier molecular flexibility index (Phi) is 1.77. The molecule has 1 aromatic carbocycles. The molecule has 0 radical (unpaired) electrons. The molecule has 13 heavy (non-hydrogen) atoms. The normalized spacial score (nSPS) is 11.0. The van der Waals surface area contributed by atoms with Gasteiger partial charge in [0.2, 0.25) is 5.82 Å². The second-order valence-electron chi connectivity index (χ2n) is 2.70. The fourth-order valence-electron chi connectivity index (χ4n) is 1.20. The van der Waals surface area contributed by atoms with Gasteiger partial charge in [0.15, 0.2) is 11.4 Å². The number of nitrogens with two attached hydrogens (primary N) is 1. The van der Waals surface area contributed by atoms with Gasteiger partial charge in [0, 0.05) is 5.39 Å². The van der Waals surface area contributed by atoms with Crippen LogP contribution < -0.4 is 5.73 Å². The Bertz CT molecular complexity index is 450. The third-order valence-corrected chi connectivity index (χ3v) is 1.83. The van der Waals surface area contributed by atoms with Crippen LogP contribution in [0.1, 0.15) is 5.76 Å². The van der Waals surface area contributed by atoms with Gasteiger partial charge in [0.05, 0.1) is 6.54 Å². The highest BCUT2D eigenvalue weighted by Crippen LogP contribution is 2.23. The summed E-state index contributed by atoms with van der Waals surface area (Å²) in [6, 6.07) is 4.11. The Hall–Kier alpha value is -1.42. The van der Waals surface area contributed by atoms with E-state index in [1.807, 2.05) is 0 Å². The van der Waals surface area contributed by atoms with Crippen molar-refractivity contribution in [3.63, 3.8) is 0 Å². The molecule has 0 amide bonds. The molecule has 0 aliphatic rings. The van der Waals surface area contributed by atoms with Crippen LogP contribution in [-0.2, 0) is 6.54 Å². The molecule has 0 unspecified atom stereocenters. The lowest BCUT2D eigenvalue weighted by Crippen LogP contribution is -1.92. The summed E-state index contributed by atoms with van der Waals surface area (Å²) in [4.78, 5) is 0. The Morgan fingerprint density at radius 2 is 2.08 bits per heavy atom. The summed E-state index contributed by atoms with van der Waals surface area (Å²) in [5, 5.41) is 0.527. The average Bonchev–Trinajstić information content (AvgIpc) is 2.55. The molecule has 4 heteroatoms. The Morgan fingerprint density at radius 3 is 2.77 bits per heavy atom. The van der Waals surface area contributed by atoms with Gasteiger partial charge in [-0.1, -0.05) is 0 Å². The second-order valence-corrected chi connectivity index (χ2v) is 2.70. The van der Waals surface area contributed by atoms with Gasteiger partial charge in [0.25, 0.3) is 0 Å². The van der Waals surface area contributed by atoms with Gasteiger partial charge in [-0.25, -0.2) is 4.39 Å². The van der Waals surface area contributed by atoms with Gasteiger partial charge in [-0.05, 0) is 18.2 Å². The van der Waals surface area contributed by atoms with Gasteiger partial charge in [0.1, 0.15) is 5.76 Å². The van der Waals surface area contributed by atoms with Crippen LogP contribution in [0.4, 0.5) is 8.78 Å². The van der Waals surface area contributed by atoms with E-state index in [0.717, 1.165) is 6.07 Å². The van der Waals surface area contributed by atoms with E-state index in [1.54, 1.807) is 6.07 Å². The molecule has 0 saturated heterocycles. The summed E-state index contributed by atoms with van der Waals surface area (Å²) < 4.78 is 30.7. The number of furan rings is 1. The first-order chi connectivity index (χ1) is 6.22. The van der Waals surface area contributed by atoms with Crippen molar-refractivity contribution in [2.75, 3.05) is 0 Å². The molecule has 0 bridgehead atoms. The van der Waals surface area contributed by atoms with E-state index < -0.39 is 11.6 Å². The third kappa shape index (κ3) is 1.19. The molecule has 1 heterocycles. The largest absolute Gasteiger partial charge is 0.457 e. The van der Waals surface area contributed by atoms with Crippen molar-refractivity contribution >= 4 is 11.0 Å². The van der Waals surface area contributed by atoms with Crippen LogP contribution in [0.15, 0.2) is 22.6 Å². The summed E-state index contributed by atoms with van der Waals surface area (Å²) in [5.74, 6) is -1.43. The van der Waals surface area contributed by atoms with E-state index in [4.69, 9.17) is 10.2 Å². The predicted octanol–water partition coefficient (Wildman–Crippen LogP) is 2.17. The SMILES string of the molecule is NCc1cc2ccc(F)c(F)c2o1. The number of rotatable bonds is 1. The molecule has 0 aliphatic carbocycles. The summed E-state index contributed by atoms with van der Waals surface area (Å²) in [7, 11) is 0. The van der Waals surface area contributed by atoms with E-state index in [1.165, 1.54) is 6.07 Å². The van der Waals surface area contributed by atoms with Crippen molar-refractivity contribution in [3.8, 4) is 0 Å². The van der Waals surface area contributed by atoms with E-state index in [2.05, 4.69) is 0 Å². The lowest BCUT2D eigenvalue weighted by atomic mass is 10.2. The van der Waals surface area contributed by atoms with Crippen LogP contribution in [0.3, 0.4) is 0 Å². The Morgan fingerprint density at radius 1 is 1.31 bits per heavy atom. The molecule has 2 nitrogen and oxygen atoms in total. The fraction of sp³-hybridized carbons (Fsp3) is 0.111. The Labute approximate surface area is 72.9 Å². The smallest absolute Gasteiger partial charge is 0.201 e. The molecule has 0 spiro atoms. The quantitative estimate of drug-likeness (QED) is 0.735. The molecular weight excluding hydrogens is 176 g/mol. The van der Waals surface area contributed by atoms with Crippen LogP contribution in [0.5, 0.6) is 0 Å². The molecular formula is C9H7F2NO. The van der Waals surface area contributed by atoms with Gasteiger partial charge in [-0.15, -0.1) is 0 Å². The number of hydrogen-bond acceptors (Lipinski definition) is 2. The number of halogens is 2. The average molecular weight is 183 g/mol. The third-order valence-electron chi connectivity index (χ3n) is 1.83. The van der Waals surface area contributed by atoms with Crippen molar-refractivity contribution in [2.24, 2.45) is 5.73 Å². The summed E-state index contributed by atoms with van der Waals surface area (Å²) in [5.41, 5.74) is 5.22. The molecule has 1 aromatic heterocycles. The summed E-state index contributed by atoms with van der Waals surface area (Å²) >= 11 is 0. The maximum atomic E-state index is 13.0. The van der Waals surface area contributed by atoms with Gasteiger partial charge < -0.3 is 10.2 Å². The van der Waals surface area contributed by atoms with Crippen LogP contribution >= 0.6 is 0 Å². The molecule has 0 atom stereocenters. The summed E-state index contributed by atoms with van der Waals surface area (Å²) in [6.07, 6.45) is 0. The van der Waals surface area contributed by atoms with Crippen LogP contribution in [0.25, 0.3) is 11.0 Å². The van der Waals surface area contributed by atoms with E-state index in [0.29, 0.717) is 11.1 Å². The lowest BCUT2D eigenvalue weighted by Gasteiger charge is -1.91. The minimum atomic E-state index is -0.961. The first-order valence-corrected chi connectivity index (χ1v) is 3.79. The maximum absolute atomic E-state index is 13.0. The molecule has 0 saturated carbocycles. The standard InChI is InChI=1S/C9H7F2NO/c10-7-2-1-5-3-6(4-12)13-9(5)8(7)11/h1-3H,4,12H2. The number of hydrogen-bond donors (Lipinski definition) is 1. The Balaban J connectivity index is 2.76. The minimum absolute atomic E-state index is 0.0690.